The first-order valence-corrected chi connectivity index (χ1v) is 6.06. The van der Waals surface area contributed by atoms with E-state index in [1.807, 2.05) is 0 Å². The van der Waals surface area contributed by atoms with Gasteiger partial charge in [0, 0.05) is 17.2 Å². The lowest BCUT2D eigenvalue weighted by Gasteiger charge is -2.40. The standard InChI is InChI=1S/C14H19N/c1-10-6-5-8-12-11-7-3-4-9-13(11)15-14(10,12)2/h3,5,7-8,10,12,15H,4,6,9H2,1-2H3. The molecule has 0 aromatic heterocycles. The van der Waals surface area contributed by atoms with Crippen LogP contribution in [-0.2, 0) is 0 Å². The van der Waals surface area contributed by atoms with Crippen LogP contribution in [0.1, 0.15) is 33.1 Å². The predicted octanol–water partition coefficient (Wildman–Crippen LogP) is 3.16. The molecule has 3 rings (SSSR count). The summed E-state index contributed by atoms with van der Waals surface area (Å²) in [6.07, 6.45) is 13.0. The van der Waals surface area contributed by atoms with Crippen molar-refractivity contribution in [1.82, 2.24) is 5.32 Å². The van der Waals surface area contributed by atoms with E-state index in [4.69, 9.17) is 0 Å². The second kappa shape index (κ2) is 3.01. The molecule has 3 atom stereocenters. The molecule has 80 valence electrons. The molecule has 1 nitrogen and oxygen atoms in total. The van der Waals surface area contributed by atoms with Crippen molar-refractivity contribution in [3.8, 4) is 0 Å². The molecule has 0 aromatic rings. The summed E-state index contributed by atoms with van der Waals surface area (Å²) >= 11 is 0. The molecule has 0 fully saturated rings. The fourth-order valence-corrected chi connectivity index (χ4v) is 3.23. The highest BCUT2D eigenvalue weighted by molar-refractivity contribution is 5.43. The Kier molecular flexibility index (Phi) is 1.86. The highest BCUT2D eigenvalue weighted by atomic mass is 15.0. The third-order valence-corrected chi connectivity index (χ3v) is 4.45. The van der Waals surface area contributed by atoms with Crippen LogP contribution >= 0.6 is 0 Å². The van der Waals surface area contributed by atoms with Crippen molar-refractivity contribution >= 4 is 0 Å². The van der Waals surface area contributed by atoms with Gasteiger partial charge in [-0.2, -0.15) is 0 Å². The zero-order chi connectivity index (χ0) is 10.5. The van der Waals surface area contributed by atoms with Crippen LogP contribution in [0.2, 0.25) is 0 Å². The Balaban J connectivity index is 2.04. The van der Waals surface area contributed by atoms with Gasteiger partial charge in [0.05, 0.1) is 0 Å². The highest BCUT2D eigenvalue weighted by Gasteiger charge is 2.46. The van der Waals surface area contributed by atoms with Gasteiger partial charge >= 0.3 is 0 Å². The minimum absolute atomic E-state index is 0.272. The van der Waals surface area contributed by atoms with Gasteiger partial charge in [0.15, 0.2) is 0 Å². The van der Waals surface area contributed by atoms with E-state index in [1.165, 1.54) is 25.0 Å². The molecule has 3 unspecified atom stereocenters. The van der Waals surface area contributed by atoms with E-state index in [2.05, 4.69) is 43.5 Å². The Morgan fingerprint density at radius 3 is 3.13 bits per heavy atom. The SMILES string of the molecule is CC1CC=CC2C3=C(CCC=C3)NC12C. The zero-order valence-electron chi connectivity index (χ0n) is 9.59. The molecule has 0 bridgehead atoms. The van der Waals surface area contributed by atoms with Crippen LogP contribution < -0.4 is 5.32 Å². The average molecular weight is 201 g/mol. The van der Waals surface area contributed by atoms with Gasteiger partial charge in [-0.1, -0.05) is 31.2 Å². The van der Waals surface area contributed by atoms with Gasteiger partial charge in [0.25, 0.3) is 0 Å². The van der Waals surface area contributed by atoms with Crippen molar-refractivity contribution in [2.24, 2.45) is 11.8 Å². The summed E-state index contributed by atoms with van der Waals surface area (Å²) in [6.45, 7) is 4.75. The first-order valence-electron chi connectivity index (χ1n) is 6.06. The van der Waals surface area contributed by atoms with Crippen LogP contribution in [0.4, 0.5) is 0 Å². The van der Waals surface area contributed by atoms with Gasteiger partial charge in [-0.05, 0) is 37.7 Å². The predicted molar refractivity (Wildman–Crippen MR) is 63.4 cm³/mol. The van der Waals surface area contributed by atoms with Gasteiger partial charge in [0.1, 0.15) is 0 Å². The molecule has 0 spiro atoms. The maximum absolute atomic E-state index is 3.80. The highest BCUT2D eigenvalue weighted by Crippen LogP contribution is 2.46. The lowest BCUT2D eigenvalue weighted by molar-refractivity contribution is 0.231. The summed E-state index contributed by atoms with van der Waals surface area (Å²) in [5, 5.41) is 3.80. The van der Waals surface area contributed by atoms with E-state index >= 15 is 0 Å². The number of allylic oxidation sites excluding steroid dienone is 4. The van der Waals surface area contributed by atoms with E-state index in [0.717, 1.165) is 5.92 Å². The second-order valence-corrected chi connectivity index (χ2v) is 5.33. The zero-order valence-corrected chi connectivity index (χ0v) is 9.59. The molecule has 15 heavy (non-hydrogen) atoms. The number of hydrogen-bond acceptors (Lipinski definition) is 1. The van der Waals surface area contributed by atoms with Gasteiger partial charge < -0.3 is 5.32 Å². The van der Waals surface area contributed by atoms with Crippen LogP contribution in [0.25, 0.3) is 0 Å². The van der Waals surface area contributed by atoms with Gasteiger partial charge in [-0.3, -0.25) is 0 Å². The summed E-state index contributed by atoms with van der Waals surface area (Å²) < 4.78 is 0. The van der Waals surface area contributed by atoms with E-state index in [-0.39, 0.29) is 5.54 Å². The molecule has 0 amide bonds. The maximum atomic E-state index is 3.80. The van der Waals surface area contributed by atoms with Crippen molar-refractivity contribution in [3.63, 3.8) is 0 Å². The van der Waals surface area contributed by atoms with Crippen LogP contribution in [-0.4, -0.2) is 5.54 Å². The van der Waals surface area contributed by atoms with Gasteiger partial charge in [0.2, 0.25) is 0 Å². The quantitative estimate of drug-likeness (QED) is 0.594. The van der Waals surface area contributed by atoms with Crippen LogP contribution in [0.15, 0.2) is 35.6 Å². The maximum Gasteiger partial charge on any atom is 0.0474 e. The Hall–Kier alpha value is -0.980. The molecular weight excluding hydrogens is 182 g/mol. The largest absolute Gasteiger partial charge is 0.382 e. The smallest absolute Gasteiger partial charge is 0.0474 e. The monoisotopic (exact) mass is 201 g/mol. The minimum atomic E-state index is 0.272. The number of fused-ring (bicyclic) bond motifs is 2. The Bertz CT molecular complexity index is 375. The molecule has 2 aliphatic carbocycles. The van der Waals surface area contributed by atoms with Crippen LogP contribution in [0.5, 0.6) is 0 Å². The van der Waals surface area contributed by atoms with Gasteiger partial charge in [-0.25, -0.2) is 0 Å². The number of nitrogens with one attached hydrogen (secondary N) is 1. The molecule has 0 saturated heterocycles. The fraction of sp³-hybridized carbons (Fsp3) is 0.571. The van der Waals surface area contributed by atoms with Crippen molar-refractivity contribution in [2.45, 2.75) is 38.6 Å². The Morgan fingerprint density at radius 1 is 1.40 bits per heavy atom. The molecule has 1 heterocycles. The Labute approximate surface area is 91.9 Å². The molecule has 0 aromatic carbocycles. The fourth-order valence-electron chi connectivity index (χ4n) is 3.23. The van der Waals surface area contributed by atoms with Crippen molar-refractivity contribution < 1.29 is 0 Å². The van der Waals surface area contributed by atoms with Crippen molar-refractivity contribution in [2.75, 3.05) is 0 Å². The molecule has 0 saturated carbocycles. The molecule has 1 heteroatoms. The van der Waals surface area contributed by atoms with Crippen LogP contribution in [0.3, 0.4) is 0 Å². The number of hydrogen-bond donors (Lipinski definition) is 1. The average Bonchev–Trinajstić information content (AvgIpc) is 2.53. The van der Waals surface area contributed by atoms with Crippen molar-refractivity contribution in [3.05, 3.63) is 35.6 Å². The lowest BCUT2D eigenvalue weighted by Crippen LogP contribution is -2.49. The summed E-state index contributed by atoms with van der Waals surface area (Å²) in [5.41, 5.74) is 3.32. The normalized spacial score (nSPS) is 42.5. The third kappa shape index (κ3) is 1.15. The molecular formula is C14H19N. The summed E-state index contributed by atoms with van der Waals surface area (Å²) in [4.78, 5) is 0. The topological polar surface area (TPSA) is 12.0 Å². The Morgan fingerprint density at radius 2 is 2.27 bits per heavy atom. The van der Waals surface area contributed by atoms with E-state index < -0.39 is 0 Å². The van der Waals surface area contributed by atoms with E-state index in [0.29, 0.717) is 5.92 Å². The minimum Gasteiger partial charge on any atom is -0.382 e. The molecule has 1 N–H and O–H groups in total. The summed E-state index contributed by atoms with van der Waals surface area (Å²) in [7, 11) is 0. The summed E-state index contributed by atoms with van der Waals surface area (Å²) in [5.74, 6) is 1.33. The summed E-state index contributed by atoms with van der Waals surface area (Å²) in [6, 6.07) is 0. The molecule has 1 aliphatic heterocycles. The van der Waals surface area contributed by atoms with Crippen molar-refractivity contribution in [1.29, 1.82) is 0 Å². The second-order valence-electron chi connectivity index (χ2n) is 5.33. The van der Waals surface area contributed by atoms with Gasteiger partial charge in [-0.15, -0.1) is 0 Å². The van der Waals surface area contributed by atoms with E-state index in [1.54, 1.807) is 5.57 Å². The lowest BCUT2D eigenvalue weighted by atomic mass is 9.70. The third-order valence-electron chi connectivity index (χ3n) is 4.45. The first kappa shape index (κ1) is 9.26. The molecule has 0 radical (unpaired) electrons. The van der Waals surface area contributed by atoms with E-state index in [9.17, 15) is 0 Å². The van der Waals surface area contributed by atoms with Crippen LogP contribution in [0, 0.1) is 11.8 Å². The first-order chi connectivity index (χ1) is 7.22. The molecule has 3 aliphatic rings. The number of rotatable bonds is 0.